The molecule has 1 heterocycles. The molecule has 6 nitrogen and oxygen atoms in total. The lowest BCUT2D eigenvalue weighted by molar-refractivity contribution is -0.152. The van der Waals surface area contributed by atoms with E-state index in [-0.39, 0.29) is 11.7 Å². The average Bonchev–Trinajstić information content (AvgIpc) is 3.13. The highest BCUT2D eigenvalue weighted by atomic mass is 19.1. The third kappa shape index (κ3) is 5.25. The van der Waals surface area contributed by atoms with E-state index >= 15 is 0 Å². The Hall–Kier alpha value is -3.09. The number of ether oxygens (including phenoxy) is 2. The van der Waals surface area contributed by atoms with Crippen molar-refractivity contribution in [2.45, 2.75) is 32.3 Å². The molecule has 0 spiro atoms. The topological polar surface area (TPSA) is 76.1 Å². The van der Waals surface area contributed by atoms with E-state index in [0.29, 0.717) is 30.8 Å². The van der Waals surface area contributed by atoms with Gasteiger partial charge in [-0.1, -0.05) is 24.3 Å². The van der Waals surface area contributed by atoms with Gasteiger partial charge in [0.05, 0.1) is 0 Å². The van der Waals surface area contributed by atoms with Crippen LogP contribution in [0.15, 0.2) is 48.5 Å². The Bertz CT molecular complexity index is 884. The second-order valence-electron chi connectivity index (χ2n) is 7.66. The van der Waals surface area contributed by atoms with Crippen molar-refractivity contribution >= 4 is 12.1 Å². The Balaban J connectivity index is 1.57. The van der Waals surface area contributed by atoms with Gasteiger partial charge in [0, 0.05) is 19.2 Å². The number of nitrogens with zero attached hydrogens (tertiary/aromatic N) is 1. The van der Waals surface area contributed by atoms with Gasteiger partial charge in [-0.25, -0.2) is 14.0 Å². The lowest BCUT2D eigenvalue weighted by Crippen LogP contribution is -2.37. The van der Waals surface area contributed by atoms with Crippen LogP contribution in [0.5, 0.6) is 11.5 Å². The van der Waals surface area contributed by atoms with E-state index in [1.54, 1.807) is 41.3 Å². The number of likely N-dealkylation sites (tertiary alicyclic amines) is 1. The summed E-state index contributed by atoms with van der Waals surface area (Å²) in [6.07, 6.45) is 0.829. The van der Waals surface area contributed by atoms with Crippen LogP contribution in [-0.4, -0.2) is 40.8 Å². The van der Waals surface area contributed by atoms with Crippen LogP contribution in [0.25, 0.3) is 0 Å². The van der Waals surface area contributed by atoms with Gasteiger partial charge < -0.3 is 19.5 Å². The summed E-state index contributed by atoms with van der Waals surface area (Å²) >= 11 is 0. The zero-order valence-corrected chi connectivity index (χ0v) is 16.4. The van der Waals surface area contributed by atoms with Gasteiger partial charge >= 0.3 is 12.1 Å². The van der Waals surface area contributed by atoms with Crippen molar-refractivity contribution in [2.24, 2.45) is 5.92 Å². The number of aliphatic carboxylic acids is 1. The van der Waals surface area contributed by atoms with Gasteiger partial charge in [0.15, 0.2) is 5.60 Å². The van der Waals surface area contributed by atoms with E-state index < -0.39 is 23.5 Å². The highest BCUT2D eigenvalue weighted by Crippen LogP contribution is 2.26. The maximum atomic E-state index is 14.5. The lowest BCUT2D eigenvalue weighted by atomic mass is 9.98. The summed E-state index contributed by atoms with van der Waals surface area (Å²) in [5.41, 5.74) is -0.937. The summed E-state index contributed by atoms with van der Waals surface area (Å²) < 4.78 is 25.2. The molecule has 0 radical (unpaired) electrons. The fraction of sp³-hybridized carbons (Fsp3) is 0.364. The van der Waals surface area contributed by atoms with E-state index in [2.05, 4.69) is 0 Å². The molecule has 1 aliphatic heterocycles. The second kappa shape index (κ2) is 8.51. The third-order valence-electron chi connectivity index (χ3n) is 4.91. The molecule has 7 heteroatoms. The van der Waals surface area contributed by atoms with Crippen molar-refractivity contribution in [1.82, 2.24) is 4.90 Å². The van der Waals surface area contributed by atoms with Crippen molar-refractivity contribution in [1.29, 1.82) is 0 Å². The van der Waals surface area contributed by atoms with Crippen LogP contribution in [-0.2, 0) is 11.2 Å². The highest BCUT2D eigenvalue weighted by molar-refractivity contribution is 5.76. The minimum Gasteiger partial charge on any atom is -0.478 e. The molecule has 29 heavy (non-hydrogen) atoms. The SMILES string of the molecule is CC(C)(Oc1ccc(CC2CCN(C(=O)Oc3ccccc3)C2)c(F)c1)C(=O)O. The molecule has 1 unspecified atom stereocenters. The van der Waals surface area contributed by atoms with Crippen LogP contribution in [0, 0.1) is 11.7 Å². The quantitative estimate of drug-likeness (QED) is 0.788. The van der Waals surface area contributed by atoms with E-state index in [1.807, 2.05) is 6.07 Å². The van der Waals surface area contributed by atoms with Crippen LogP contribution in [0.4, 0.5) is 9.18 Å². The molecule has 0 saturated carbocycles. The molecular formula is C22H24FNO5. The Morgan fingerprint density at radius 1 is 1.17 bits per heavy atom. The van der Waals surface area contributed by atoms with Crippen LogP contribution in [0.3, 0.4) is 0 Å². The summed E-state index contributed by atoms with van der Waals surface area (Å²) in [7, 11) is 0. The second-order valence-corrected chi connectivity index (χ2v) is 7.66. The fourth-order valence-corrected chi connectivity index (χ4v) is 3.23. The van der Waals surface area contributed by atoms with Crippen molar-refractivity contribution in [3.63, 3.8) is 0 Å². The van der Waals surface area contributed by atoms with Gasteiger partial charge in [0.2, 0.25) is 0 Å². The molecule has 0 bridgehead atoms. The van der Waals surface area contributed by atoms with E-state index in [1.165, 1.54) is 19.9 Å². The largest absolute Gasteiger partial charge is 0.478 e. The number of halogens is 1. The Labute approximate surface area is 168 Å². The van der Waals surface area contributed by atoms with Crippen molar-refractivity contribution in [3.05, 3.63) is 59.9 Å². The van der Waals surface area contributed by atoms with E-state index in [9.17, 15) is 14.0 Å². The number of carboxylic acids is 1. The number of amides is 1. The van der Waals surface area contributed by atoms with Gasteiger partial charge in [-0.15, -0.1) is 0 Å². The molecule has 3 rings (SSSR count). The molecule has 0 aliphatic carbocycles. The summed E-state index contributed by atoms with van der Waals surface area (Å²) in [6, 6.07) is 13.2. The highest BCUT2D eigenvalue weighted by Gasteiger charge is 2.30. The number of benzene rings is 2. The smallest absolute Gasteiger partial charge is 0.415 e. The lowest BCUT2D eigenvalue weighted by Gasteiger charge is -2.22. The van der Waals surface area contributed by atoms with Gasteiger partial charge in [-0.2, -0.15) is 0 Å². The maximum Gasteiger partial charge on any atom is 0.415 e. The molecule has 0 aromatic heterocycles. The molecule has 1 saturated heterocycles. The predicted octanol–water partition coefficient (Wildman–Crippen LogP) is 4.13. The Morgan fingerprint density at radius 2 is 1.90 bits per heavy atom. The zero-order chi connectivity index (χ0) is 21.0. The number of carbonyl (C=O) groups excluding carboxylic acids is 1. The van der Waals surface area contributed by atoms with Crippen LogP contribution < -0.4 is 9.47 Å². The standard InChI is InChI=1S/C22H24FNO5/c1-22(2,20(25)26)29-18-9-8-16(19(23)13-18)12-15-10-11-24(14-15)21(27)28-17-6-4-3-5-7-17/h3-9,13,15H,10-12,14H2,1-2H3,(H,25,26). The first-order valence-electron chi connectivity index (χ1n) is 9.47. The number of hydrogen-bond acceptors (Lipinski definition) is 4. The molecule has 2 aromatic rings. The van der Waals surface area contributed by atoms with Crippen LogP contribution >= 0.6 is 0 Å². The number of rotatable bonds is 6. The van der Waals surface area contributed by atoms with Crippen molar-refractivity contribution in [3.8, 4) is 11.5 Å². The molecule has 2 aromatic carbocycles. The van der Waals surface area contributed by atoms with Gasteiger partial charge in [0.1, 0.15) is 17.3 Å². The first-order chi connectivity index (χ1) is 13.7. The number of para-hydroxylation sites is 1. The molecule has 1 N–H and O–H groups in total. The minimum absolute atomic E-state index is 0.120. The van der Waals surface area contributed by atoms with E-state index in [4.69, 9.17) is 14.6 Å². The van der Waals surface area contributed by atoms with Gasteiger partial charge in [0.25, 0.3) is 0 Å². The van der Waals surface area contributed by atoms with Crippen LogP contribution in [0.2, 0.25) is 0 Å². The zero-order valence-electron chi connectivity index (χ0n) is 16.4. The molecule has 1 atom stereocenters. The molecule has 1 fully saturated rings. The Kier molecular flexibility index (Phi) is 6.06. The maximum absolute atomic E-state index is 14.5. The first kappa shape index (κ1) is 20.6. The van der Waals surface area contributed by atoms with Crippen LogP contribution in [0.1, 0.15) is 25.8 Å². The molecule has 154 valence electrons. The monoisotopic (exact) mass is 401 g/mol. The average molecular weight is 401 g/mol. The first-order valence-corrected chi connectivity index (χ1v) is 9.47. The van der Waals surface area contributed by atoms with Gasteiger partial charge in [-0.3, -0.25) is 0 Å². The molecule has 1 aliphatic rings. The fourth-order valence-electron chi connectivity index (χ4n) is 3.23. The number of carbonyl (C=O) groups is 2. The Morgan fingerprint density at radius 3 is 2.55 bits per heavy atom. The summed E-state index contributed by atoms with van der Waals surface area (Å²) in [5, 5.41) is 9.12. The number of hydrogen-bond donors (Lipinski definition) is 1. The van der Waals surface area contributed by atoms with E-state index in [0.717, 1.165) is 6.42 Å². The van der Waals surface area contributed by atoms with Crippen molar-refractivity contribution < 1.29 is 28.6 Å². The minimum atomic E-state index is -1.45. The van der Waals surface area contributed by atoms with Gasteiger partial charge in [-0.05, 0) is 56.4 Å². The molecule has 1 amide bonds. The molecular weight excluding hydrogens is 377 g/mol. The van der Waals surface area contributed by atoms with Crippen molar-refractivity contribution in [2.75, 3.05) is 13.1 Å². The summed E-state index contributed by atoms with van der Waals surface area (Å²) in [6.45, 7) is 3.87. The number of carboxylic acid groups (broad SMARTS) is 1. The summed E-state index contributed by atoms with van der Waals surface area (Å²) in [4.78, 5) is 25.1. The third-order valence-corrected chi connectivity index (χ3v) is 4.91. The predicted molar refractivity (Wildman–Crippen MR) is 105 cm³/mol. The normalized spacial score (nSPS) is 16.5. The summed E-state index contributed by atoms with van der Waals surface area (Å²) in [5.74, 6) is -0.801.